The van der Waals surface area contributed by atoms with Crippen LogP contribution < -0.4 is 19.5 Å². The van der Waals surface area contributed by atoms with Crippen molar-refractivity contribution in [3.63, 3.8) is 0 Å². The van der Waals surface area contributed by atoms with Gasteiger partial charge in [0.25, 0.3) is 21.8 Å². The van der Waals surface area contributed by atoms with Gasteiger partial charge in [-0.05, 0) is 24.3 Å². The number of nitrogens with zero attached hydrogens (tertiary/aromatic N) is 4. The second kappa shape index (κ2) is 8.48. The molecule has 1 aromatic carbocycles. The van der Waals surface area contributed by atoms with Crippen molar-refractivity contribution >= 4 is 27.4 Å². The van der Waals surface area contributed by atoms with Crippen LogP contribution in [0, 0.1) is 0 Å². The monoisotopic (exact) mass is 416 g/mol. The van der Waals surface area contributed by atoms with Crippen molar-refractivity contribution in [1.82, 2.24) is 19.9 Å². The second-order valence-electron chi connectivity index (χ2n) is 5.44. The summed E-state index contributed by atoms with van der Waals surface area (Å²) in [5.74, 6) is -0.405. The first-order chi connectivity index (χ1) is 13.9. The van der Waals surface area contributed by atoms with E-state index in [4.69, 9.17) is 9.47 Å². The molecule has 0 saturated heterocycles. The number of carbonyl (C=O) groups is 1. The van der Waals surface area contributed by atoms with Crippen LogP contribution in [-0.2, 0) is 10.0 Å². The summed E-state index contributed by atoms with van der Waals surface area (Å²) in [6, 6.07) is 5.56. The molecule has 2 N–H and O–H groups in total. The smallest absolute Gasteiger partial charge is 0.275 e. The Morgan fingerprint density at radius 3 is 2.38 bits per heavy atom. The second-order valence-corrected chi connectivity index (χ2v) is 7.12. The minimum Gasteiger partial charge on any atom is -0.489 e. The van der Waals surface area contributed by atoms with Crippen LogP contribution in [0.1, 0.15) is 10.5 Å². The Labute approximate surface area is 166 Å². The zero-order chi connectivity index (χ0) is 20.9. The number of sulfonamides is 1. The van der Waals surface area contributed by atoms with Crippen LogP contribution in [0.4, 0.5) is 11.5 Å². The minimum absolute atomic E-state index is 0.0466. The first-order valence-electron chi connectivity index (χ1n) is 8.08. The van der Waals surface area contributed by atoms with Gasteiger partial charge in [0.1, 0.15) is 12.0 Å². The van der Waals surface area contributed by atoms with Gasteiger partial charge in [0.15, 0.2) is 5.82 Å². The molecule has 12 heteroatoms. The Balaban J connectivity index is 1.78. The van der Waals surface area contributed by atoms with Crippen LogP contribution in [0.2, 0.25) is 0 Å². The number of benzene rings is 1. The van der Waals surface area contributed by atoms with Crippen LogP contribution in [0.25, 0.3) is 0 Å². The molecule has 150 valence electrons. The molecule has 0 radical (unpaired) electrons. The molecule has 11 nitrogen and oxygen atoms in total. The quantitative estimate of drug-likeness (QED) is 0.582. The number of amides is 1. The Kier molecular flexibility index (Phi) is 5.83. The van der Waals surface area contributed by atoms with Gasteiger partial charge in [0.05, 0.1) is 25.3 Å². The molecule has 3 rings (SSSR count). The van der Waals surface area contributed by atoms with Gasteiger partial charge in [-0.25, -0.2) is 18.4 Å². The highest BCUT2D eigenvalue weighted by molar-refractivity contribution is 7.92. The fourth-order valence-corrected chi connectivity index (χ4v) is 3.29. The lowest BCUT2D eigenvalue weighted by Gasteiger charge is -2.12. The van der Waals surface area contributed by atoms with Gasteiger partial charge in [-0.1, -0.05) is 0 Å². The van der Waals surface area contributed by atoms with Crippen molar-refractivity contribution in [2.24, 2.45) is 0 Å². The van der Waals surface area contributed by atoms with E-state index < -0.39 is 15.9 Å². The molecule has 0 bridgehead atoms. The maximum Gasteiger partial charge on any atom is 0.275 e. The predicted molar refractivity (Wildman–Crippen MR) is 102 cm³/mol. The van der Waals surface area contributed by atoms with E-state index in [9.17, 15) is 13.2 Å². The van der Waals surface area contributed by atoms with Crippen molar-refractivity contribution in [1.29, 1.82) is 0 Å². The number of anilines is 2. The Hall–Kier alpha value is -3.80. The Bertz CT molecular complexity index is 1110. The molecule has 0 aliphatic carbocycles. The highest BCUT2D eigenvalue weighted by Crippen LogP contribution is 2.32. The van der Waals surface area contributed by atoms with Gasteiger partial charge in [-0.3, -0.25) is 14.5 Å². The zero-order valence-corrected chi connectivity index (χ0v) is 16.2. The average Bonchev–Trinajstić information content (AvgIpc) is 2.74. The molecule has 0 unspecified atom stereocenters. The molecule has 1 amide bonds. The number of carbonyl (C=O) groups excluding carboxylic acids is 1. The topological polar surface area (TPSA) is 145 Å². The van der Waals surface area contributed by atoms with Crippen LogP contribution in [0.3, 0.4) is 0 Å². The molecule has 2 aromatic heterocycles. The van der Waals surface area contributed by atoms with Crippen LogP contribution in [0.15, 0.2) is 54.1 Å². The first-order valence-corrected chi connectivity index (χ1v) is 9.56. The summed E-state index contributed by atoms with van der Waals surface area (Å²) in [4.78, 5) is 27.5. The van der Waals surface area contributed by atoms with Crippen molar-refractivity contribution in [2.75, 3.05) is 24.3 Å². The van der Waals surface area contributed by atoms with Gasteiger partial charge in [-0.2, -0.15) is 4.98 Å². The molecular formula is C17H16N6O5S. The molecule has 0 saturated carbocycles. The van der Waals surface area contributed by atoms with Gasteiger partial charge in [-0.15, -0.1) is 0 Å². The molecule has 0 aliphatic rings. The lowest BCUT2D eigenvalue weighted by atomic mass is 10.3. The van der Waals surface area contributed by atoms with Gasteiger partial charge in [0.2, 0.25) is 5.75 Å². The molecule has 0 aliphatic heterocycles. The molecule has 3 aromatic rings. The molecule has 29 heavy (non-hydrogen) atoms. The number of aromatic nitrogens is 4. The van der Waals surface area contributed by atoms with E-state index in [1.807, 2.05) is 0 Å². The fraction of sp³-hybridized carbons (Fsp3) is 0.118. The van der Waals surface area contributed by atoms with E-state index in [-0.39, 0.29) is 28.0 Å². The van der Waals surface area contributed by atoms with E-state index in [2.05, 4.69) is 30.0 Å². The number of methoxy groups -OCH3 is 2. The average molecular weight is 416 g/mol. The summed E-state index contributed by atoms with van der Waals surface area (Å²) in [6.07, 6.45) is 5.31. The van der Waals surface area contributed by atoms with Crippen LogP contribution >= 0.6 is 0 Å². The maximum atomic E-state index is 12.7. The van der Waals surface area contributed by atoms with E-state index in [1.165, 1.54) is 57.1 Å². The standard InChI is InChI=1S/C17H16N6O5S/c1-27-14-15(20-10-21-17(14)28-2)23-29(25,26)12-5-3-11(4-6-12)22-16(24)13-9-18-7-8-19-13/h3-10H,1-2H3,(H,22,24)(H,20,21,23). The number of nitrogens with one attached hydrogen (secondary N) is 2. The summed E-state index contributed by atoms with van der Waals surface area (Å²) in [5, 5.41) is 2.61. The van der Waals surface area contributed by atoms with Crippen molar-refractivity contribution in [3.8, 4) is 11.6 Å². The van der Waals surface area contributed by atoms with Gasteiger partial charge in [0, 0.05) is 18.1 Å². The minimum atomic E-state index is -3.98. The largest absolute Gasteiger partial charge is 0.489 e. The summed E-state index contributed by atoms with van der Waals surface area (Å²) >= 11 is 0. The molecule has 0 fully saturated rings. The Morgan fingerprint density at radius 1 is 1.00 bits per heavy atom. The van der Waals surface area contributed by atoms with E-state index in [0.29, 0.717) is 5.69 Å². The van der Waals surface area contributed by atoms with Crippen molar-refractivity contribution < 1.29 is 22.7 Å². The van der Waals surface area contributed by atoms with E-state index in [0.717, 1.165) is 6.33 Å². The first kappa shape index (κ1) is 19.9. The SMILES string of the molecule is COc1ncnc(NS(=O)(=O)c2ccc(NC(=O)c3cnccn3)cc2)c1OC. The fourth-order valence-electron chi connectivity index (χ4n) is 2.27. The molecule has 0 atom stereocenters. The van der Waals surface area contributed by atoms with E-state index in [1.54, 1.807) is 0 Å². The summed E-state index contributed by atoms with van der Waals surface area (Å²) in [6.45, 7) is 0. The number of hydrogen-bond acceptors (Lipinski definition) is 9. The third-order valence-electron chi connectivity index (χ3n) is 3.62. The summed E-state index contributed by atoms with van der Waals surface area (Å²) < 4.78 is 37.8. The highest BCUT2D eigenvalue weighted by Gasteiger charge is 2.20. The Morgan fingerprint density at radius 2 is 1.76 bits per heavy atom. The summed E-state index contributed by atoms with van der Waals surface area (Å²) in [7, 11) is -1.27. The van der Waals surface area contributed by atoms with E-state index >= 15 is 0 Å². The predicted octanol–water partition coefficient (Wildman–Crippen LogP) is 1.34. The lowest BCUT2D eigenvalue weighted by molar-refractivity contribution is 0.102. The lowest BCUT2D eigenvalue weighted by Crippen LogP contribution is -2.16. The normalized spacial score (nSPS) is 10.8. The molecule has 0 spiro atoms. The highest BCUT2D eigenvalue weighted by atomic mass is 32.2. The van der Waals surface area contributed by atoms with Gasteiger partial charge < -0.3 is 14.8 Å². The number of rotatable bonds is 7. The molecule has 2 heterocycles. The molecular weight excluding hydrogens is 400 g/mol. The van der Waals surface area contributed by atoms with Crippen molar-refractivity contribution in [3.05, 3.63) is 54.9 Å². The zero-order valence-electron chi connectivity index (χ0n) is 15.4. The third-order valence-corrected chi connectivity index (χ3v) is 4.97. The maximum absolute atomic E-state index is 12.7. The number of ether oxygens (including phenoxy) is 2. The van der Waals surface area contributed by atoms with Crippen LogP contribution in [-0.4, -0.2) is 48.5 Å². The van der Waals surface area contributed by atoms with Gasteiger partial charge >= 0.3 is 0 Å². The number of hydrogen-bond donors (Lipinski definition) is 2. The van der Waals surface area contributed by atoms with Crippen LogP contribution in [0.5, 0.6) is 11.6 Å². The van der Waals surface area contributed by atoms with Crippen molar-refractivity contribution in [2.45, 2.75) is 4.90 Å². The summed E-state index contributed by atoms with van der Waals surface area (Å²) in [5.41, 5.74) is 0.525. The third kappa shape index (κ3) is 4.55.